The summed E-state index contributed by atoms with van der Waals surface area (Å²) in [5.74, 6) is -0.265. The van der Waals surface area contributed by atoms with E-state index in [1.807, 2.05) is 11.8 Å². The van der Waals surface area contributed by atoms with Crippen molar-refractivity contribution in [2.24, 2.45) is 0 Å². The van der Waals surface area contributed by atoms with E-state index in [9.17, 15) is 9.90 Å². The number of hydrogen-bond donors (Lipinski definition) is 2. The first-order chi connectivity index (χ1) is 7.18. The molecule has 6 heteroatoms. The second-order valence-electron chi connectivity index (χ2n) is 3.50. The number of aromatic hydroxyl groups is 1. The standard InChI is InChI=1S/C9H12N2O3S/c12-7-4-10-11(8(7)9(13)14)5-6-2-1-3-15-6/h4,6,12H,1-3,5H2,(H,13,14). The van der Waals surface area contributed by atoms with Crippen LogP contribution in [0.1, 0.15) is 23.3 Å². The molecule has 15 heavy (non-hydrogen) atoms. The van der Waals surface area contributed by atoms with E-state index in [1.54, 1.807) is 0 Å². The molecule has 5 nitrogen and oxygen atoms in total. The van der Waals surface area contributed by atoms with E-state index in [2.05, 4.69) is 5.10 Å². The van der Waals surface area contributed by atoms with Crippen molar-refractivity contribution < 1.29 is 15.0 Å². The monoisotopic (exact) mass is 228 g/mol. The Morgan fingerprint density at radius 3 is 3.13 bits per heavy atom. The molecule has 1 aliphatic rings. The fraction of sp³-hybridized carbons (Fsp3) is 0.556. The fourth-order valence-electron chi connectivity index (χ4n) is 1.72. The van der Waals surface area contributed by atoms with Gasteiger partial charge in [0, 0.05) is 5.25 Å². The van der Waals surface area contributed by atoms with Crippen LogP contribution in [-0.4, -0.2) is 37.0 Å². The van der Waals surface area contributed by atoms with Crippen molar-refractivity contribution in [3.8, 4) is 5.75 Å². The second kappa shape index (κ2) is 4.14. The van der Waals surface area contributed by atoms with Gasteiger partial charge in [-0.3, -0.25) is 4.68 Å². The van der Waals surface area contributed by atoms with E-state index in [1.165, 1.54) is 17.3 Å². The van der Waals surface area contributed by atoms with Crippen LogP contribution < -0.4 is 0 Å². The number of carboxylic acids is 1. The summed E-state index contributed by atoms with van der Waals surface area (Å²) in [7, 11) is 0. The van der Waals surface area contributed by atoms with Gasteiger partial charge in [-0.25, -0.2) is 4.79 Å². The molecule has 0 aliphatic carbocycles. The lowest BCUT2D eigenvalue weighted by molar-refractivity contribution is 0.0680. The number of thioether (sulfide) groups is 1. The number of aromatic nitrogens is 2. The molecule has 2 heterocycles. The number of carbonyl (C=O) groups is 1. The third kappa shape index (κ3) is 2.09. The minimum atomic E-state index is -1.13. The Balaban J connectivity index is 2.16. The molecule has 0 spiro atoms. The largest absolute Gasteiger partial charge is 0.504 e. The summed E-state index contributed by atoms with van der Waals surface area (Å²) in [4.78, 5) is 10.8. The first kappa shape index (κ1) is 10.4. The lowest BCUT2D eigenvalue weighted by atomic mass is 10.2. The molecule has 1 fully saturated rings. The lowest BCUT2D eigenvalue weighted by Crippen LogP contribution is -2.16. The van der Waals surface area contributed by atoms with Gasteiger partial charge in [-0.1, -0.05) is 0 Å². The first-order valence-corrected chi connectivity index (χ1v) is 5.83. The van der Waals surface area contributed by atoms with Crippen molar-refractivity contribution in [1.82, 2.24) is 9.78 Å². The SMILES string of the molecule is O=C(O)c1c(O)cnn1CC1CCCS1. The average molecular weight is 228 g/mol. The quantitative estimate of drug-likeness (QED) is 0.812. The van der Waals surface area contributed by atoms with E-state index in [4.69, 9.17) is 5.11 Å². The number of hydrogen-bond acceptors (Lipinski definition) is 4. The first-order valence-electron chi connectivity index (χ1n) is 4.78. The Morgan fingerprint density at radius 1 is 1.73 bits per heavy atom. The van der Waals surface area contributed by atoms with E-state index < -0.39 is 5.97 Å². The molecule has 2 rings (SSSR count). The van der Waals surface area contributed by atoms with E-state index in [0.29, 0.717) is 11.8 Å². The maximum Gasteiger partial charge on any atom is 0.358 e. The van der Waals surface area contributed by atoms with Crippen molar-refractivity contribution in [3.63, 3.8) is 0 Å². The predicted molar refractivity (Wildman–Crippen MR) is 56.3 cm³/mol. The summed E-state index contributed by atoms with van der Waals surface area (Å²) in [6.07, 6.45) is 3.44. The molecule has 0 bridgehead atoms. The maximum absolute atomic E-state index is 10.8. The Hall–Kier alpha value is -1.17. The van der Waals surface area contributed by atoms with Gasteiger partial charge in [0.25, 0.3) is 0 Å². The summed E-state index contributed by atoms with van der Waals surface area (Å²) < 4.78 is 1.38. The molecule has 1 aromatic rings. The number of rotatable bonds is 3. The van der Waals surface area contributed by atoms with Crippen molar-refractivity contribution >= 4 is 17.7 Å². The zero-order valence-corrected chi connectivity index (χ0v) is 8.90. The molecule has 1 unspecified atom stereocenters. The molecule has 1 aliphatic heterocycles. The number of nitrogens with zero attached hydrogens (tertiary/aromatic N) is 2. The Bertz CT molecular complexity index is 371. The summed E-state index contributed by atoms with van der Waals surface area (Å²) >= 11 is 1.83. The van der Waals surface area contributed by atoms with Gasteiger partial charge < -0.3 is 10.2 Å². The molecule has 0 amide bonds. The fourth-order valence-corrected chi connectivity index (χ4v) is 2.96. The van der Waals surface area contributed by atoms with Gasteiger partial charge in [0.2, 0.25) is 0 Å². The molecular formula is C9H12N2O3S. The number of carboxylic acid groups (broad SMARTS) is 1. The van der Waals surface area contributed by atoms with Gasteiger partial charge in [0.1, 0.15) is 0 Å². The lowest BCUT2D eigenvalue weighted by Gasteiger charge is -2.09. The van der Waals surface area contributed by atoms with Crippen LogP contribution in [0.2, 0.25) is 0 Å². The molecule has 1 aromatic heterocycles. The number of aromatic carboxylic acids is 1. The summed E-state index contributed by atoms with van der Waals surface area (Å²) in [5.41, 5.74) is -0.109. The van der Waals surface area contributed by atoms with Gasteiger partial charge in [0.15, 0.2) is 11.4 Å². The van der Waals surface area contributed by atoms with Crippen molar-refractivity contribution in [3.05, 3.63) is 11.9 Å². The van der Waals surface area contributed by atoms with E-state index in [0.717, 1.165) is 12.2 Å². The zero-order valence-electron chi connectivity index (χ0n) is 8.09. The van der Waals surface area contributed by atoms with Crippen molar-refractivity contribution in [2.75, 3.05) is 5.75 Å². The molecule has 0 saturated carbocycles. The van der Waals surface area contributed by atoms with Crippen molar-refractivity contribution in [1.29, 1.82) is 0 Å². The predicted octanol–water partition coefficient (Wildman–Crippen LogP) is 1.18. The van der Waals surface area contributed by atoms with Crippen LogP contribution >= 0.6 is 11.8 Å². The Morgan fingerprint density at radius 2 is 2.53 bits per heavy atom. The van der Waals surface area contributed by atoms with Gasteiger partial charge in [-0.05, 0) is 18.6 Å². The van der Waals surface area contributed by atoms with Gasteiger partial charge in [-0.15, -0.1) is 0 Å². The Kier molecular flexibility index (Phi) is 2.86. The van der Waals surface area contributed by atoms with Gasteiger partial charge >= 0.3 is 5.97 Å². The normalized spacial score (nSPS) is 20.7. The Labute approximate surface area is 91.1 Å². The molecule has 1 saturated heterocycles. The van der Waals surface area contributed by atoms with E-state index >= 15 is 0 Å². The van der Waals surface area contributed by atoms with Crippen LogP contribution in [0.5, 0.6) is 5.75 Å². The topological polar surface area (TPSA) is 75.3 Å². The van der Waals surface area contributed by atoms with E-state index in [-0.39, 0.29) is 11.4 Å². The zero-order chi connectivity index (χ0) is 10.8. The van der Waals surface area contributed by atoms with Crippen LogP contribution in [0.25, 0.3) is 0 Å². The molecule has 1 atom stereocenters. The van der Waals surface area contributed by atoms with Gasteiger partial charge in [0.05, 0.1) is 12.7 Å². The second-order valence-corrected chi connectivity index (χ2v) is 4.91. The van der Waals surface area contributed by atoms with Crippen LogP contribution in [0.3, 0.4) is 0 Å². The van der Waals surface area contributed by atoms with Crippen LogP contribution in [-0.2, 0) is 6.54 Å². The molecule has 0 aromatic carbocycles. The molecular weight excluding hydrogens is 216 g/mol. The maximum atomic E-state index is 10.8. The van der Waals surface area contributed by atoms with Gasteiger partial charge in [-0.2, -0.15) is 16.9 Å². The van der Waals surface area contributed by atoms with Crippen LogP contribution in [0.15, 0.2) is 6.20 Å². The highest BCUT2D eigenvalue weighted by molar-refractivity contribution is 8.00. The molecule has 2 N–H and O–H groups in total. The third-order valence-electron chi connectivity index (χ3n) is 2.42. The molecule has 0 radical (unpaired) electrons. The summed E-state index contributed by atoms with van der Waals surface area (Å²) in [5, 5.41) is 22.5. The van der Waals surface area contributed by atoms with Crippen LogP contribution in [0, 0.1) is 0 Å². The van der Waals surface area contributed by atoms with Crippen molar-refractivity contribution in [2.45, 2.75) is 24.6 Å². The highest BCUT2D eigenvalue weighted by Crippen LogP contribution is 2.28. The van der Waals surface area contributed by atoms with Crippen LogP contribution in [0.4, 0.5) is 0 Å². The minimum absolute atomic E-state index is 0.109. The summed E-state index contributed by atoms with van der Waals surface area (Å²) in [6.45, 7) is 0.562. The summed E-state index contributed by atoms with van der Waals surface area (Å²) in [6, 6.07) is 0. The molecule has 82 valence electrons. The third-order valence-corrected chi connectivity index (χ3v) is 3.80. The highest BCUT2D eigenvalue weighted by atomic mass is 32.2. The smallest absolute Gasteiger partial charge is 0.358 e. The average Bonchev–Trinajstić information content (AvgIpc) is 2.76. The minimum Gasteiger partial charge on any atom is -0.504 e. The highest BCUT2D eigenvalue weighted by Gasteiger charge is 2.22.